The molecule has 0 fully saturated rings. The molecule has 3 aromatic heterocycles. The minimum atomic E-state index is -0.205. The second-order valence-corrected chi connectivity index (χ2v) is 7.91. The Morgan fingerprint density at radius 1 is 0.943 bits per heavy atom. The minimum Gasteiger partial charge on any atom is -0.481 e. The van der Waals surface area contributed by atoms with Crippen molar-refractivity contribution in [3.63, 3.8) is 0 Å². The fourth-order valence-electron chi connectivity index (χ4n) is 3.63. The molecule has 35 heavy (non-hydrogen) atoms. The molecule has 2 N–H and O–H groups in total. The van der Waals surface area contributed by atoms with Gasteiger partial charge in [-0.25, -0.2) is 15.0 Å². The first-order valence-electron chi connectivity index (χ1n) is 11.7. The Hall–Kier alpha value is -3.98. The Bertz CT molecular complexity index is 1290. The van der Waals surface area contributed by atoms with Gasteiger partial charge in [-0.3, -0.25) is 9.36 Å². The van der Waals surface area contributed by atoms with Crippen LogP contribution in [0.4, 0.5) is 11.5 Å². The molecule has 0 bridgehead atoms. The molecule has 182 valence electrons. The van der Waals surface area contributed by atoms with Gasteiger partial charge < -0.3 is 20.1 Å². The molecule has 0 unspecified atom stereocenters. The smallest absolute Gasteiger partial charge is 0.293 e. The number of hydrogen-bond donors (Lipinski definition) is 2. The highest BCUT2D eigenvalue weighted by Crippen LogP contribution is 2.23. The second kappa shape index (κ2) is 11.9. The summed E-state index contributed by atoms with van der Waals surface area (Å²) in [5.74, 6) is 0.806. The van der Waals surface area contributed by atoms with Crippen LogP contribution in [0.1, 0.15) is 13.3 Å². The Kier molecular flexibility index (Phi) is 8.24. The molecule has 0 aliphatic rings. The van der Waals surface area contributed by atoms with Crippen molar-refractivity contribution in [1.82, 2.24) is 19.5 Å². The standard InChI is InChI=1S/C26H30N6O3/c1-3-14-35-15-13-32-22-16-20(19-9-10-23(34-2)29-17-19)18-30-24(22)31-25(26(32)33)28-12-11-27-21-7-5-4-6-8-21/h4-10,16-18,27H,3,11-15H2,1-2H3,(H,28,30,31). The summed E-state index contributed by atoms with van der Waals surface area (Å²) in [5, 5.41) is 6.48. The van der Waals surface area contributed by atoms with Gasteiger partial charge in [-0.2, -0.15) is 0 Å². The van der Waals surface area contributed by atoms with Crippen LogP contribution in [-0.2, 0) is 11.3 Å². The first-order valence-corrected chi connectivity index (χ1v) is 11.7. The van der Waals surface area contributed by atoms with E-state index in [1.165, 1.54) is 0 Å². The lowest BCUT2D eigenvalue weighted by Gasteiger charge is -2.14. The van der Waals surface area contributed by atoms with Gasteiger partial charge in [0.2, 0.25) is 5.88 Å². The van der Waals surface area contributed by atoms with Crippen LogP contribution < -0.4 is 20.9 Å². The summed E-state index contributed by atoms with van der Waals surface area (Å²) < 4.78 is 12.5. The average Bonchev–Trinajstić information content (AvgIpc) is 2.91. The summed E-state index contributed by atoms with van der Waals surface area (Å²) in [4.78, 5) is 26.7. The third-order valence-corrected chi connectivity index (χ3v) is 5.41. The molecule has 4 rings (SSSR count). The van der Waals surface area contributed by atoms with E-state index in [-0.39, 0.29) is 11.4 Å². The molecule has 0 aliphatic heterocycles. The lowest BCUT2D eigenvalue weighted by atomic mass is 10.1. The number of nitrogens with zero attached hydrogens (tertiary/aromatic N) is 4. The summed E-state index contributed by atoms with van der Waals surface area (Å²) >= 11 is 0. The van der Waals surface area contributed by atoms with Gasteiger partial charge in [0.1, 0.15) is 0 Å². The van der Waals surface area contributed by atoms with E-state index in [0.29, 0.717) is 49.9 Å². The van der Waals surface area contributed by atoms with Crippen molar-refractivity contribution in [2.24, 2.45) is 0 Å². The molecule has 0 amide bonds. The third kappa shape index (κ3) is 6.13. The Morgan fingerprint density at radius 2 is 1.74 bits per heavy atom. The maximum Gasteiger partial charge on any atom is 0.293 e. The number of pyridine rings is 2. The van der Waals surface area contributed by atoms with Crippen LogP contribution >= 0.6 is 0 Å². The van der Waals surface area contributed by atoms with Gasteiger partial charge in [0.15, 0.2) is 11.5 Å². The van der Waals surface area contributed by atoms with Gasteiger partial charge in [0.05, 0.1) is 19.2 Å². The normalized spacial score (nSPS) is 10.9. The van der Waals surface area contributed by atoms with Gasteiger partial charge >= 0.3 is 0 Å². The first-order chi connectivity index (χ1) is 17.2. The Morgan fingerprint density at radius 3 is 2.49 bits per heavy atom. The van der Waals surface area contributed by atoms with Gasteiger partial charge in [0.25, 0.3) is 5.56 Å². The van der Waals surface area contributed by atoms with E-state index in [2.05, 4.69) is 32.5 Å². The van der Waals surface area contributed by atoms with Gasteiger partial charge in [-0.15, -0.1) is 0 Å². The van der Waals surface area contributed by atoms with Crippen molar-refractivity contribution < 1.29 is 9.47 Å². The molecular formula is C26H30N6O3. The predicted molar refractivity (Wildman–Crippen MR) is 138 cm³/mol. The van der Waals surface area contributed by atoms with E-state index in [9.17, 15) is 4.79 Å². The number of anilines is 2. The van der Waals surface area contributed by atoms with Gasteiger partial charge in [-0.05, 0) is 30.7 Å². The summed E-state index contributed by atoms with van der Waals surface area (Å²) in [5.41, 5.74) is 3.67. The van der Waals surface area contributed by atoms with Gasteiger partial charge in [0, 0.05) is 61.5 Å². The SMILES string of the molecule is CCCOCCn1c(=O)c(NCCNc2ccccc2)nc2ncc(-c3ccc(OC)nc3)cc21. The van der Waals surface area contributed by atoms with Crippen LogP contribution in [0.5, 0.6) is 5.88 Å². The molecule has 9 nitrogen and oxygen atoms in total. The van der Waals surface area contributed by atoms with Crippen LogP contribution in [0.3, 0.4) is 0 Å². The summed E-state index contributed by atoms with van der Waals surface area (Å²) in [6.45, 7) is 4.70. The topological polar surface area (TPSA) is 103 Å². The van der Waals surface area contributed by atoms with Crippen LogP contribution in [0.15, 0.2) is 65.7 Å². The number of rotatable bonds is 12. The Labute approximate surface area is 204 Å². The molecule has 0 atom stereocenters. The van der Waals surface area contributed by atoms with E-state index < -0.39 is 0 Å². The van der Waals surface area contributed by atoms with E-state index in [1.807, 2.05) is 42.5 Å². The molecule has 0 aliphatic carbocycles. The summed E-state index contributed by atoms with van der Waals surface area (Å²) in [6, 6.07) is 15.5. The van der Waals surface area contributed by atoms with Crippen molar-refractivity contribution in [3.8, 4) is 17.0 Å². The number of para-hydroxylation sites is 1. The first kappa shape index (κ1) is 24.2. The van der Waals surface area contributed by atoms with E-state index in [0.717, 1.165) is 23.2 Å². The van der Waals surface area contributed by atoms with Gasteiger partial charge in [-0.1, -0.05) is 25.1 Å². The Balaban J connectivity index is 1.59. The quantitative estimate of drug-likeness (QED) is 0.299. The number of ether oxygens (including phenoxy) is 2. The molecule has 0 saturated heterocycles. The zero-order valence-corrected chi connectivity index (χ0v) is 20.0. The fraction of sp³-hybridized carbons (Fsp3) is 0.308. The lowest BCUT2D eigenvalue weighted by Crippen LogP contribution is -2.29. The van der Waals surface area contributed by atoms with Crippen LogP contribution in [0, 0.1) is 0 Å². The molecule has 3 heterocycles. The molecule has 0 spiro atoms. The minimum absolute atomic E-state index is 0.205. The highest BCUT2D eigenvalue weighted by atomic mass is 16.5. The van der Waals surface area contributed by atoms with Crippen LogP contribution in [0.2, 0.25) is 0 Å². The number of fused-ring (bicyclic) bond motifs is 1. The molecule has 0 saturated carbocycles. The van der Waals surface area contributed by atoms with Crippen molar-refractivity contribution in [2.45, 2.75) is 19.9 Å². The highest BCUT2D eigenvalue weighted by Gasteiger charge is 2.13. The molecular weight excluding hydrogens is 444 g/mol. The average molecular weight is 475 g/mol. The number of aromatic nitrogens is 4. The van der Waals surface area contributed by atoms with Crippen LogP contribution in [-0.4, -0.2) is 52.9 Å². The lowest BCUT2D eigenvalue weighted by molar-refractivity contribution is 0.127. The second-order valence-electron chi connectivity index (χ2n) is 7.91. The van der Waals surface area contributed by atoms with Crippen molar-refractivity contribution in [1.29, 1.82) is 0 Å². The van der Waals surface area contributed by atoms with E-state index >= 15 is 0 Å². The molecule has 4 aromatic rings. The fourth-order valence-corrected chi connectivity index (χ4v) is 3.63. The predicted octanol–water partition coefficient (Wildman–Crippen LogP) is 3.81. The zero-order chi connectivity index (χ0) is 24.5. The maximum absolute atomic E-state index is 13.3. The van der Waals surface area contributed by atoms with Crippen molar-refractivity contribution in [3.05, 3.63) is 71.3 Å². The zero-order valence-electron chi connectivity index (χ0n) is 20.0. The monoisotopic (exact) mass is 474 g/mol. The van der Waals surface area contributed by atoms with E-state index in [4.69, 9.17) is 9.47 Å². The number of nitrogens with one attached hydrogen (secondary N) is 2. The molecule has 9 heteroatoms. The number of methoxy groups -OCH3 is 1. The van der Waals surface area contributed by atoms with Crippen molar-refractivity contribution in [2.75, 3.05) is 44.0 Å². The molecule has 1 aromatic carbocycles. The third-order valence-electron chi connectivity index (χ3n) is 5.41. The highest BCUT2D eigenvalue weighted by molar-refractivity contribution is 5.78. The largest absolute Gasteiger partial charge is 0.481 e. The molecule has 0 radical (unpaired) electrons. The summed E-state index contributed by atoms with van der Waals surface area (Å²) in [7, 11) is 1.58. The van der Waals surface area contributed by atoms with Crippen LogP contribution in [0.25, 0.3) is 22.3 Å². The van der Waals surface area contributed by atoms with E-state index in [1.54, 1.807) is 30.1 Å². The number of benzene rings is 1. The maximum atomic E-state index is 13.3. The number of hydrogen-bond acceptors (Lipinski definition) is 8. The van der Waals surface area contributed by atoms with Crippen molar-refractivity contribution >= 4 is 22.7 Å². The summed E-state index contributed by atoms with van der Waals surface area (Å²) in [6.07, 6.45) is 4.38.